The molecule has 19 heavy (non-hydrogen) atoms. The molecule has 0 aromatic carbocycles. The number of aromatic nitrogens is 4. The highest BCUT2D eigenvalue weighted by molar-refractivity contribution is 5.93. The summed E-state index contributed by atoms with van der Waals surface area (Å²) in [6.45, 7) is 2.61. The van der Waals surface area contributed by atoms with Crippen LogP contribution in [0.3, 0.4) is 0 Å². The average molecular weight is 259 g/mol. The molecule has 1 amide bonds. The first-order valence-electron chi connectivity index (χ1n) is 6.24. The fraction of sp³-hybridized carbons (Fsp3) is 0.385. The second-order valence-corrected chi connectivity index (χ2v) is 4.32. The summed E-state index contributed by atoms with van der Waals surface area (Å²) in [4.78, 5) is 22.1. The quantitative estimate of drug-likeness (QED) is 0.871. The maximum atomic E-state index is 12.1. The van der Waals surface area contributed by atoms with Gasteiger partial charge in [-0.05, 0) is 12.0 Å². The minimum atomic E-state index is -0.0638. The number of hydrogen-bond donors (Lipinski definition) is 1. The Labute approximate surface area is 111 Å². The molecule has 0 aliphatic heterocycles. The van der Waals surface area contributed by atoms with Crippen LogP contribution in [0.5, 0.6) is 0 Å². The zero-order valence-electron chi connectivity index (χ0n) is 11.1. The van der Waals surface area contributed by atoms with E-state index >= 15 is 0 Å². The molecular formula is C13H17N5O. The van der Waals surface area contributed by atoms with Gasteiger partial charge in [0.1, 0.15) is 5.82 Å². The van der Waals surface area contributed by atoms with Gasteiger partial charge in [-0.3, -0.25) is 9.89 Å². The molecule has 1 N–H and O–H groups in total. The highest BCUT2D eigenvalue weighted by Crippen LogP contribution is 2.03. The number of carbonyl (C=O) groups is 1. The van der Waals surface area contributed by atoms with Gasteiger partial charge >= 0.3 is 0 Å². The van der Waals surface area contributed by atoms with E-state index in [0.717, 1.165) is 24.2 Å². The van der Waals surface area contributed by atoms with Gasteiger partial charge in [0.05, 0.1) is 11.8 Å². The highest BCUT2D eigenvalue weighted by atomic mass is 16.2. The minimum Gasteiger partial charge on any atom is -0.341 e. The molecule has 0 radical (unpaired) electrons. The monoisotopic (exact) mass is 259 g/mol. The SMILES string of the molecule is CCc1ncc(C(=O)N(C)CCc2cn[nH]c2)cn1. The molecule has 0 saturated heterocycles. The van der Waals surface area contributed by atoms with Gasteiger partial charge in [0.2, 0.25) is 0 Å². The Kier molecular flexibility index (Phi) is 4.22. The van der Waals surface area contributed by atoms with Gasteiger partial charge < -0.3 is 4.90 Å². The number of carbonyl (C=O) groups excluding carboxylic acids is 1. The predicted molar refractivity (Wildman–Crippen MR) is 70.7 cm³/mol. The second kappa shape index (κ2) is 6.08. The first-order valence-corrected chi connectivity index (χ1v) is 6.24. The number of nitrogens with zero attached hydrogens (tertiary/aromatic N) is 4. The van der Waals surface area contributed by atoms with Crippen LogP contribution in [0.1, 0.15) is 28.7 Å². The average Bonchev–Trinajstić information content (AvgIpc) is 2.97. The largest absolute Gasteiger partial charge is 0.341 e. The smallest absolute Gasteiger partial charge is 0.256 e. The Hall–Kier alpha value is -2.24. The van der Waals surface area contributed by atoms with Gasteiger partial charge in [0, 0.05) is 38.6 Å². The van der Waals surface area contributed by atoms with E-state index in [1.54, 1.807) is 30.5 Å². The summed E-state index contributed by atoms with van der Waals surface area (Å²) < 4.78 is 0. The van der Waals surface area contributed by atoms with E-state index in [-0.39, 0.29) is 5.91 Å². The summed E-state index contributed by atoms with van der Waals surface area (Å²) in [5, 5.41) is 6.63. The Morgan fingerprint density at radius 1 is 1.32 bits per heavy atom. The zero-order valence-corrected chi connectivity index (χ0v) is 11.1. The summed E-state index contributed by atoms with van der Waals surface area (Å²) in [5.41, 5.74) is 1.60. The number of amides is 1. The summed E-state index contributed by atoms with van der Waals surface area (Å²) in [7, 11) is 1.77. The molecule has 6 nitrogen and oxygen atoms in total. The van der Waals surface area contributed by atoms with E-state index in [1.165, 1.54) is 0 Å². The second-order valence-electron chi connectivity index (χ2n) is 4.32. The molecule has 0 atom stereocenters. The number of likely N-dealkylation sites (N-methyl/N-ethyl adjacent to an activating group) is 1. The van der Waals surface area contributed by atoms with Crippen LogP contribution in [-0.4, -0.2) is 44.6 Å². The van der Waals surface area contributed by atoms with Crippen LogP contribution in [0.4, 0.5) is 0 Å². The van der Waals surface area contributed by atoms with E-state index in [0.29, 0.717) is 12.1 Å². The third kappa shape index (κ3) is 3.37. The first-order chi connectivity index (χ1) is 9.20. The third-order valence-corrected chi connectivity index (χ3v) is 2.91. The molecule has 2 rings (SSSR count). The lowest BCUT2D eigenvalue weighted by molar-refractivity contribution is 0.0795. The number of aromatic amines is 1. The molecule has 0 fully saturated rings. The van der Waals surface area contributed by atoms with E-state index in [2.05, 4.69) is 20.2 Å². The van der Waals surface area contributed by atoms with Crippen molar-refractivity contribution in [1.82, 2.24) is 25.1 Å². The van der Waals surface area contributed by atoms with Crippen molar-refractivity contribution in [3.63, 3.8) is 0 Å². The van der Waals surface area contributed by atoms with Gasteiger partial charge in [-0.2, -0.15) is 5.10 Å². The fourth-order valence-corrected chi connectivity index (χ4v) is 1.68. The van der Waals surface area contributed by atoms with Crippen molar-refractivity contribution in [2.45, 2.75) is 19.8 Å². The summed E-state index contributed by atoms with van der Waals surface area (Å²) in [6.07, 6.45) is 8.30. The third-order valence-electron chi connectivity index (χ3n) is 2.91. The van der Waals surface area contributed by atoms with E-state index in [4.69, 9.17) is 0 Å². The number of hydrogen-bond acceptors (Lipinski definition) is 4. The molecule has 0 bridgehead atoms. The molecule has 0 aliphatic rings. The van der Waals surface area contributed by atoms with Crippen molar-refractivity contribution in [1.29, 1.82) is 0 Å². The van der Waals surface area contributed by atoms with Gasteiger partial charge in [0.25, 0.3) is 5.91 Å². The maximum Gasteiger partial charge on any atom is 0.256 e. The van der Waals surface area contributed by atoms with Crippen LogP contribution in [-0.2, 0) is 12.8 Å². The Morgan fingerprint density at radius 2 is 2.05 bits per heavy atom. The normalized spacial score (nSPS) is 10.4. The predicted octanol–water partition coefficient (Wildman–Crippen LogP) is 1.08. The number of aryl methyl sites for hydroxylation is 1. The Balaban J connectivity index is 1.94. The van der Waals surface area contributed by atoms with Gasteiger partial charge in [-0.25, -0.2) is 9.97 Å². The molecule has 2 aromatic rings. The number of H-pyrrole nitrogens is 1. The molecule has 100 valence electrons. The van der Waals surface area contributed by atoms with Crippen molar-refractivity contribution in [3.8, 4) is 0 Å². The van der Waals surface area contributed by atoms with E-state index in [9.17, 15) is 4.79 Å². The highest BCUT2D eigenvalue weighted by Gasteiger charge is 2.12. The molecule has 0 spiro atoms. The maximum absolute atomic E-state index is 12.1. The van der Waals surface area contributed by atoms with Crippen LogP contribution >= 0.6 is 0 Å². The van der Waals surface area contributed by atoms with Crippen molar-refractivity contribution in [2.24, 2.45) is 0 Å². The van der Waals surface area contributed by atoms with Crippen LogP contribution in [0.2, 0.25) is 0 Å². The molecule has 2 heterocycles. The Morgan fingerprint density at radius 3 is 2.63 bits per heavy atom. The van der Waals surface area contributed by atoms with Crippen molar-refractivity contribution >= 4 is 5.91 Å². The minimum absolute atomic E-state index is 0.0638. The number of rotatable bonds is 5. The molecule has 0 saturated carbocycles. The van der Waals surface area contributed by atoms with Gasteiger partial charge in [-0.1, -0.05) is 6.92 Å². The molecule has 2 aromatic heterocycles. The van der Waals surface area contributed by atoms with E-state index < -0.39 is 0 Å². The van der Waals surface area contributed by atoms with Crippen molar-refractivity contribution in [3.05, 3.63) is 41.7 Å². The summed E-state index contributed by atoms with van der Waals surface area (Å²) >= 11 is 0. The molecular weight excluding hydrogens is 242 g/mol. The fourth-order valence-electron chi connectivity index (χ4n) is 1.68. The van der Waals surface area contributed by atoms with E-state index in [1.807, 2.05) is 13.1 Å². The summed E-state index contributed by atoms with van der Waals surface area (Å²) in [6, 6.07) is 0. The van der Waals surface area contributed by atoms with Crippen LogP contribution in [0.25, 0.3) is 0 Å². The lowest BCUT2D eigenvalue weighted by Crippen LogP contribution is -2.29. The topological polar surface area (TPSA) is 74.8 Å². The van der Waals surface area contributed by atoms with Crippen molar-refractivity contribution in [2.75, 3.05) is 13.6 Å². The molecule has 0 aliphatic carbocycles. The summed E-state index contributed by atoms with van der Waals surface area (Å²) in [5.74, 6) is 0.684. The van der Waals surface area contributed by atoms with Crippen LogP contribution < -0.4 is 0 Å². The van der Waals surface area contributed by atoms with Crippen LogP contribution in [0, 0.1) is 0 Å². The first kappa shape index (κ1) is 13.2. The molecule has 0 unspecified atom stereocenters. The van der Waals surface area contributed by atoms with Gasteiger partial charge in [-0.15, -0.1) is 0 Å². The van der Waals surface area contributed by atoms with Crippen LogP contribution in [0.15, 0.2) is 24.8 Å². The van der Waals surface area contributed by atoms with Gasteiger partial charge in [0.15, 0.2) is 0 Å². The Bertz CT molecular complexity index is 520. The molecule has 6 heteroatoms. The lowest BCUT2D eigenvalue weighted by Gasteiger charge is -2.16. The number of nitrogens with one attached hydrogen (secondary N) is 1. The van der Waals surface area contributed by atoms with Crippen molar-refractivity contribution < 1.29 is 4.79 Å². The standard InChI is InChI=1S/C13H17N5O/c1-3-12-14-8-11(9-15-12)13(19)18(2)5-4-10-6-16-17-7-10/h6-9H,3-5H2,1-2H3,(H,16,17). The zero-order chi connectivity index (χ0) is 13.7. The lowest BCUT2D eigenvalue weighted by atomic mass is 10.2.